The van der Waals surface area contributed by atoms with Gasteiger partial charge in [0, 0.05) is 6.54 Å². The van der Waals surface area contributed by atoms with E-state index in [0.29, 0.717) is 17.5 Å². The lowest BCUT2D eigenvalue weighted by atomic mass is 10.1. The third-order valence-electron chi connectivity index (χ3n) is 3.57. The molecule has 27 heavy (non-hydrogen) atoms. The van der Waals surface area contributed by atoms with Gasteiger partial charge in [-0.2, -0.15) is 13.2 Å². The average molecular weight is 383 g/mol. The first kappa shape index (κ1) is 20.2. The predicted octanol–water partition coefficient (Wildman–Crippen LogP) is 2.96. The van der Waals surface area contributed by atoms with Gasteiger partial charge in [0.05, 0.1) is 12.0 Å². The zero-order valence-electron chi connectivity index (χ0n) is 14.1. The number of halogens is 4. The minimum Gasteiger partial charge on any atom is -0.336 e. The van der Waals surface area contributed by atoms with Crippen LogP contribution < -0.4 is 16.2 Å². The summed E-state index contributed by atoms with van der Waals surface area (Å²) in [6, 6.07) is 9.34. The highest BCUT2D eigenvalue weighted by atomic mass is 19.4. The third kappa shape index (κ3) is 6.96. The summed E-state index contributed by atoms with van der Waals surface area (Å²) >= 11 is 0. The fraction of sp³-hybridized carbons (Fsp3) is 0.222. The first-order valence-electron chi connectivity index (χ1n) is 7.97. The Balaban J connectivity index is 1.67. The molecular weight excluding hydrogens is 366 g/mol. The van der Waals surface area contributed by atoms with Crippen molar-refractivity contribution in [3.63, 3.8) is 0 Å². The number of carbonyl (C=O) groups is 2. The van der Waals surface area contributed by atoms with E-state index in [2.05, 4.69) is 16.2 Å². The zero-order chi connectivity index (χ0) is 19.9. The van der Waals surface area contributed by atoms with E-state index in [1.807, 2.05) is 0 Å². The molecule has 2 aromatic rings. The maximum Gasteiger partial charge on any atom is 0.416 e. The van der Waals surface area contributed by atoms with Crippen LogP contribution in [0.1, 0.15) is 16.7 Å². The van der Waals surface area contributed by atoms with Crippen molar-refractivity contribution in [2.24, 2.45) is 0 Å². The molecule has 0 aromatic heterocycles. The summed E-state index contributed by atoms with van der Waals surface area (Å²) in [5, 5.41) is 2.47. The van der Waals surface area contributed by atoms with Crippen molar-refractivity contribution in [2.45, 2.75) is 19.0 Å². The Kier molecular flexibility index (Phi) is 6.75. The van der Waals surface area contributed by atoms with E-state index in [-0.39, 0.29) is 13.0 Å². The Hall–Kier alpha value is -3.10. The van der Waals surface area contributed by atoms with Crippen molar-refractivity contribution >= 4 is 11.9 Å². The molecule has 0 radical (unpaired) electrons. The predicted molar refractivity (Wildman–Crippen MR) is 89.9 cm³/mol. The number of hydrazine groups is 1. The van der Waals surface area contributed by atoms with Gasteiger partial charge in [0.2, 0.25) is 5.91 Å². The lowest BCUT2D eigenvalue weighted by Gasteiger charge is -2.10. The van der Waals surface area contributed by atoms with Gasteiger partial charge in [0.25, 0.3) is 0 Å². The van der Waals surface area contributed by atoms with Gasteiger partial charge < -0.3 is 5.32 Å². The average Bonchev–Trinajstić information content (AvgIpc) is 2.62. The highest BCUT2D eigenvalue weighted by molar-refractivity contribution is 5.82. The Morgan fingerprint density at radius 3 is 2.04 bits per heavy atom. The molecule has 0 aliphatic rings. The van der Waals surface area contributed by atoms with E-state index in [0.717, 1.165) is 12.1 Å². The molecule has 0 aliphatic heterocycles. The summed E-state index contributed by atoms with van der Waals surface area (Å²) in [6.45, 7) is 0.172. The summed E-state index contributed by atoms with van der Waals surface area (Å²) in [5.74, 6) is -0.899. The fourth-order valence-corrected chi connectivity index (χ4v) is 2.18. The normalized spacial score (nSPS) is 11.0. The molecule has 0 fully saturated rings. The van der Waals surface area contributed by atoms with Gasteiger partial charge in [-0.1, -0.05) is 24.3 Å². The summed E-state index contributed by atoms with van der Waals surface area (Å²) in [6.07, 6.45) is -4.09. The van der Waals surface area contributed by atoms with Crippen LogP contribution in [-0.2, 0) is 23.8 Å². The van der Waals surface area contributed by atoms with Crippen LogP contribution in [0, 0.1) is 5.82 Å². The number of alkyl halides is 3. The second-order valence-corrected chi connectivity index (χ2v) is 5.68. The van der Waals surface area contributed by atoms with Crippen LogP contribution in [-0.4, -0.2) is 18.5 Å². The molecule has 0 saturated carbocycles. The second-order valence-electron chi connectivity index (χ2n) is 5.68. The van der Waals surface area contributed by atoms with Gasteiger partial charge in [0.15, 0.2) is 0 Å². The highest BCUT2D eigenvalue weighted by Gasteiger charge is 2.29. The molecule has 0 bridgehead atoms. The van der Waals surface area contributed by atoms with E-state index in [1.165, 1.54) is 36.4 Å². The third-order valence-corrected chi connectivity index (χ3v) is 3.57. The highest BCUT2D eigenvalue weighted by Crippen LogP contribution is 2.29. The van der Waals surface area contributed by atoms with E-state index in [4.69, 9.17) is 0 Å². The quantitative estimate of drug-likeness (QED) is 0.549. The molecule has 9 heteroatoms. The SMILES string of the molecule is O=C(Cc1ccc(F)cc1)NNC(=O)NCCc1ccc(C(F)(F)F)cc1. The van der Waals surface area contributed by atoms with E-state index in [1.54, 1.807) is 0 Å². The first-order valence-corrected chi connectivity index (χ1v) is 7.97. The number of hydrogen-bond acceptors (Lipinski definition) is 2. The van der Waals surface area contributed by atoms with Crippen LogP contribution in [0.15, 0.2) is 48.5 Å². The van der Waals surface area contributed by atoms with Crippen LogP contribution in [0.25, 0.3) is 0 Å². The molecule has 0 aliphatic carbocycles. The van der Waals surface area contributed by atoms with Gasteiger partial charge in [-0.3, -0.25) is 10.2 Å². The van der Waals surface area contributed by atoms with Crippen molar-refractivity contribution in [3.05, 3.63) is 71.0 Å². The minimum atomic E-state index is -4.39. The number of urea groups is 1. The van der Waals surface area contributed by atoms with Gasteiger partial charge in [-0.15, -0.1) is 0 Å². The van der Waals surface area contributed by atoms with E-state index < -0.39 is 29.5 Å². The molecule has 2 aromatic carbocycles. The summed E-state index contributed by atoms with van der Waals surface area (Å²) < 4.78 is 50.2. The van der Waals surface area contributed by atoms with Crippen LogP contribution in [0.4, 0.5) is 22.4 Å². The molecule has 5 nitrogen and oxygen atoms in total. The van der Waals surface area contributed by atoms with Gasteiger partial charge >= 0.3 is 12.2 Å². The Morgan fingerprint density at radius 2 is 1.44 bits per heavy atom. The lowest BCUT2D eigenvalue weighted by Crippen LogP contribution is -2.47. The number of benzene rings is 2. The molecule has 3 amide bonds. The lowest BCUT2D eigenvalue weighted by molar-refractivity contribution is -0.137. The molecule has 2 rings (SSSR count). The van der Waals surface area contributed by atoms with Crippen LogP contribution in [0.3, 0.4) is 0 Å². The maximum atomic E-state index is 12.8. The Bertz CT molecular complexity index is 775. The second kappa shape index (κ2) is 9.02. The topological polar surface area (TPSA) is 70.2 Å². The van der Waals surface area contributed by atoms with Gasteiger partial charge in [-0.25, -0.2) is 14.6 Å². The molecule has 0 spiro atoms. The van der Waals surface area contributed by atoms with Gasteiger partial charge in [0.1, 0.15) is 5.82 Å². The van der Waals surface area contributed by atoms with Crippen molar-refractivity contribution in [1.29, 1.82) is 0 Å². The minimum absolute atomic E-state index is 0.0356. The zero-order valence-corrected chi connectivity index (χ0v) is 14.1. The van der Waals surface area contributed by atoms with Crippen LogP contribution in [0.2, 0.25) is 0 Å². The number of hydrogen-bond donors (Lipinski definition) is 3. The van der Waals surface area contributed by atoms with Crippen LogP contribution in [0.5, 0.6) is 0 Å². The Labute approximate surface area is 152 Å². The van der Waals surface area contributed by atoms with Crippen molar-refractivity contribution < 1.29 is 27.2 Å². The number of amides is 3. The molecule has 0 heterocycles. The van der Waals surface area contributed by atoms with Crippen molar-refractivity contribution in [3.8, 4) is 0 Å². The number of rotatable bonds is 5. The number of nitrogens with one attached hydrogen (secondary N) is 3. The monoisotopic (exact) mass is 383 g/mol. The largest absolute Gasteiger partial charge is 0.416 e. The smallest absolute Gasteiger partial charge is 0.336 e. The molecule has 3 N–H and O–H groups in total. The molecule has 0 unspecified atom stereocenters. The molecule has 144 valence electrons. The van der Waals surface area contributed by atoms with Crippen molar-refractivity contribution in [1.82, 2.24) is 16.2 Å². The van der Waals surface area contributed by atoms with Crippen LogP contribution >= 0.6 is 0 Å². The summed E-state index contributed by atoms with van der Waals surface area (Å²) in [4.78, 5) is 23.3. The Morgan fingerprint density at radius 1 is 0.852 bits per heavy atom. The molecular formula is C18H17F4N3O2. The van der Waals surface area contributed by atoms with Gasteiger partial charge in [-0.05, 0) is 41.8 Å². The fourth-order valence-electron chi connectivity index (χ4n) is 2.18. The standard InChI is InChI=1S/C18H17F4N3O2/c19-15-7-3-13(4-8-15)11-16(26)24-25-17(27)23-10-9-12-1-5-14(6-2-12)18(20,21)22/h1-8H,9-11H2,(H,24,26)(H2,23,25,27). The summed E-state index contributed by atoms with van der Waals surface area (Å²) in [7, 11) is 0. The molecule has 0 atom stereocenters. The molecule has 0 saturated heterocycles. The number of carbonyl (C=O) groups excluding carboxylic acids is 2. The van der Waals surface area contributed by atoms with E-state index in [9.17, 15) is 27.2 Å². The van der Waals surface area contributed by atoms with E-state index >= 15 is 0 Å². The summed E-state index contributed by atoms with van der Waals surface area (Å²) in [5.41, 5.74) is 4.83. The maximum absolute atomic E-state index is 12.8. The first-order chi connectivity index (χ1) is 12.7. The van der Waals surface area contributed by atoms with Crippen molar-refractivity contribution in [2.75, 3.05) is 6.54 Å².